The molecule has 0 aromatic carbocycles. The highest BCUT2D eigenvalue weighted by molar-refractivity contribution is 6.29. The molecule has 0 unspecified atom stereocenters. The molecule has 8 atom stereocenters. The summed E-state index contributed by atoms with van der Waals surface area (Å²) in [6.07, 6.45) is 8.70. The van der Waals surface area contributed by atoms with Crippen LogP contribution in [0.3, 0.4) is 0 Å². The van der Waals surface area contributed by atoms with Crippen LogP contribution in [0.2, 0.25) is 0 Å². The molecule has 3 saturated carbocycles. The van der Waals surface area contributed by atoms with Crippen LogP contribution in [0.15, 0.2) is 46.6 Å². The van der Waals surface area contributed by atoms with Crippen LogP contribution >= 0.6 is 23.2 Å². The molecule has 1 aromatic heterocycles. The van der Waals surface area contributed by atoms with Crippen LogP contribution in [0.25, 0.3) is 0 Å². The number of methoxy groups -OCH3 is 1. The van der Waals surface area contributed by atoms with Gasteiger partial charge in [-0.15, -0.1) is 23.2 Å². The molecule has 8 heteroatoms. The predicted molar refractivity (Wildman–Crippen MR) is 135 cm³/mol. The Morgan fingerprint density at radius 2 is 2.00 bits per heavy atom. The molecule has 0 spiro atoms. The van der Waals surface area contributed by atoms with E-state index in [4.69, 9.17) is 37.1 Å². The SMILES string of the molecule is CO[C@H]1C[C@@]2(C)[C@@H](C[C@@H](C)[C@]2(OC(=O)c2ccco2)C(=O)CCl)[C@@H]2CCC3=CC(=O)C=C[C@]3(C)[C@@]12Cl. The Labute approximate surface area is 221 Å². The Hall–Kier alpha value is -1.89. The molecule has 194 valence electrons. The van der Waals surface area contributed by atoms with E-state index >= 15 is 0 Å². The maximum Gasteiger partial charge on any atom is 0.375 e. The molecule has 0 radical (unpaired) electrons. The van der Waals surface area contributed by atoms with Gasteiger partial charge in [-0.1, -0.05) is 32.4 Å². The van der Waals surface area contributed by atoms with E-state index in [0.29, 0.717) is 12.8 Å². The first-order valence-corrected chi connectivity index (χ1v) is 13.4. The van der Waals surface area contributed by atoms with Gasteiger partial charge in [0, 0.05) is 23.9 Å². The first kappa shape index (κ1) is 25.7. The number of ether oxygens (including phenoxy) is 2. The van der Waals surface area contributed by atoms with Crippen molar-refractivity contribution in [2.24, 2.45) is 28.6 Å². The van der Waals surface area contributed by atoms with Crippen LogP contribution in [0.4, 0.5) is 0 Å². The van der Waals surface area contributed by atoms with Crippen molar-refractivity contribution < 1.29 is 28.3 Å². The standard InChI is InChI=1S/C28H32Cl2O6/c1-16-12-20-19-8-7-17-13-18(31)9-10-25(17,2)27(19,30)23(34-4)14-26(20,3)28(16,22(32)15-29)36-24(33)21-6-5-11-35-21/h5-6,9-11,13,16,19-20,23H,7-8,12,14-15H2,1-4H3/t16-,19+,20+,23+,25+,26+,27+,28+/m1/s1. The normalized spacial score (nSPS) is 43.3. The molecule has 0 aliphatic heterocycles. The minimum absolute atomic E-state index is 0.0261. The van der Waals surface area contributed by atoms with Gasteiger partial charge in [-0.2, -0.15) is 0 Å². The van der Waals surface area contributed by atoms with Crippen molar-refractivity contribution >= 4 is 40.7 Å². The number of furan rings is 1. The molecular weight excluding hydrogens is 503 g/mol. The second-order valence-corrected chi connectivity index (χ2v) is 12.2. The first-order chi connectivity index (χ1) is 17.0. The largest absolute Gasteiger partial charge is 0.457 e. The van der Waals surface area contributed by atoms with Gasteiger partial charge >= 0.3 is 5.97 Å². The molecule has 0 bridgehead atoms. The van der Waals surface area contributed by atoms with E-state index in [2.05, 4.69) is 6.92 Å². The van der Waals surface area contributed by atoms with E-state index in [1.54, 1.807) is 25.3 Å². The number of halogens is 2. The molecule has 4 aliphatic carbocycles. The van der Waals surface area contributed by atoms with Gasteiger partial charge in [0.05, 0.1) is 23.1 Å². The maximum absolute atomic E-state index is 13.7. The number of esters is 1. The number of carbonyl (C=O) groups excluding carboxylic acids is 3. The first-order valence-electron chi connectivity index (χ1n) is 12.5. The van der Waals surface area contributed by atoms with E-state index in [-0.39, 0.29) is 41.0 Å². The number of alkyl halides is 2. The zero-order valence-corrected chi connectivity index (χ0v) is 22.5. The summed E-state index contributed by atoms with van der Waals surface area (Å²) in [5.74, 6) is -1.62. The topological polar surface area (TPSA) is 82.8 Å². The van der Waals surface area contributed by atoms with Gasteiger partial charge in [0.2, 0.25) is 5.76 Å². The van der Waals surface area contributed by atoms with Gasteiger partial charge in [0.25, 0.3) is 0 Å². The fourth-order valence-corrected chi connectivity index (χ4v) is 9.12. The zero-order valence-electron chi connectivity index (χ0n) is 21.0. The molecule has 4 aliphatic rings. The monoisotopic (exact) mass is 534 g/mol. The van der Waals surface area contributed by atoms with Crippen molar-refractivity contribution in [3.8, 4) is 0 Å². The van der Waals surface area contributed by atoms with Gasteiger partial charge in [0.15, 0.2) is 17.2 Å². The van der Waals surface area contributed by atoms with Gasteiger partial charge in [-0.05, 0) is 61.8 Å². The van der Waals surface area contributed by atoms with Crippen molar-refractivity contribution in [1.82, 2.24) is 0 Å². The Bertz CT molecular complexity index is 1160. The van der Waals surface area contributed by atoms with Crippen LogP contribution in [0.5, 0.6) is 0 Å². The highest BCUT2D eigenvalue weighted by Crippen LogP contribution is 2.72. The lowest BCUT2D eigenvalue weighted by molar-refractivity contribution is -0.180. The minimum Gasteiger partial charge on any atom is -0.457 e. The predicted octanol–water partition coefficient (Wildman–Crippen LogP) is 5.52. The summed E-state index contributed by atoms with van der Waals surface area (Å²) in [4.78, 5) is 38.3. The minimum atomic E-state index is -1.45. The van der Waals surface area contributed by atoms with Crippen molar-refractivity contribution in [3.63, 3.8) is 0 Å². The lowest BCUT2D eigenvalue weighted by Crippen LogP contribution is -2.69. The summed E-state index contributed by atoms with van der Waals surface area (Å²) in [6, 6.07) is 3.13. The number of hydrogen-bond donors (Lipinski definition) is 0. The molecule has 0 N–H and O–H groups in total. The molecule has 0 saturated heterocycles. The molecule has 3 fully saturated rings. The van der Waals surface area contributed by atoms with Crippen molar-refractivity contribution in [3.05, 3.63) is 48.0 Å². The molecule has 1 heterocycles. The molecular formula is C28H32Cl2O6. The maximum atomic E-state index is 13.7. The highest BCUT2D eigenvalue weighted by atomic mass is 35.5. The smallest absolute Gasteiger partial charge is 0.375 e. The summed E-state index contributed by atoms with van der Waals surface area (Å²) in [5.41, 5.74) is -1.78. The molecule has 6 nitrogen and oxygen atoms in total. The van der Waals surface area contributed by atoms with Gasteiger partial charge < -0.3 is 13.9 Å². The van der Waals surface area contributed by atoms with Gasteiger partial charge in [-0.3, -0.25) is 9.59 Å². The number of fused-ring (bicyclic) bond motifs is 5. The van der Waals surface area contributed by atoms with Crippen LogP contribution in [0.1, 0.15) is 57.0 Å². The quantitative estimate of drug-likeness (QED) is 0.365. The average molecular weight is 535 g/mol. The summed E-state index contributed by atoms with van der Waals surface area (Å²) in [7, 11) is 1.63. The summed E-state index contributed by atoms with van der Waals surface area (Å²) in [5, 5.41) is 0. The van der Waals surface area contributed by atoms with E-state index in [1.807, 2.05) is 19.9 Å². The van der Waals surface area contributed by atoms with Crippen molar-refractivity contribution in [1.29, 1.82) is 0 Å². The summed E-state index contributed by atoms with van der Waals surface area (Å²) >= 11 is 13.9. The Morgan fingerprint density at radius 3 is 2.64 bits per heavy atom. The van der Waals surface area contributed by atoms with E-state index in [1.165, 1.54) is 12.3 Å². The highest BCUT2D eigenvalue weighted by Gasteiger charge is 2.76. The van der Waals surface area contributed by atoms with Crippen LogP contribution in [-0.4, -0.2) is 47.1 Å². The van der Waals surface area contributed by atoms with E-state index < -0.39 is 33.4 Å². The fraction of sp³-hybridized carbons (Fsp3) is 0.607. The summed E-state index contributed by atoms with van der Waals surface area (Å²) in [6.45, 7) is 6.07. The third kappa shape index (κ3) is 3.10. The van der Waals surface area contributed by atoms with Crippen LogP contribution < -0.4 is 0 Å². The average Bonchev–Trinajstić information content (AvgIpc) is 3.46. The Balaban J connectivity index is 1.64. The van der Waals surface area contributed by atoms with Crippen LogP contribution in [0, 0.1) is 28.6 Å². The Morgan fingerprint density at radius 1 is 1.25 bits per heavy atom. The molecule has 5 rings (SSSR count). The lowest BCUT2D eigenvalue weighted by Gasteiger charge is -2.64. The van der Waals surface area contributed by atoms with Crippen molar-refractivity contribution in [2.75, 3.05) is 13.0 Å². The second kappa shape index (κ2) is 8.57. The molecule has 0 amide bonds. The number of Topliss-reactive ketones (excluding diaryl/α,β-unsaturated/α-hetero) is 1. The zero-order chi connectivity index (χ0) is 26.1. The molecule has 36 heavy (non-hydrogen) atoms. The Kier molecular flexibility index (Phi) is 6.13. The third-order valence-electron chi connectivity index (χ3n) is 9.95. The van der Waals surface area contributed by atoms with E-state index in [9.17, 15) is 14.4 Å². The van der Waals surface area contributed by atoms with Gasteiger partial charge in [0.1, 0.15) is 0 Å². The number of ketones is 2. The fourth-order valence-electron chi connectivity index (χ4n) is 8.31. The number of rotatable bonds is 5. The third-order valence-corrected chi connectivity index (χ3v) is 11.1. The number of hydrogen-bond acceptors (Lipinski definition) is 6. The number of carbonyl (C=O) groups is 3. The van der Waals surface area contributed by atoms with Crippen LogP contribution in [-0.2, 0) is 19.1 Å². The second-order valence-electron chi connectivity index (χ2n) is 11.3. The van der Waals surface area contributed by atoms with Gasteiger partial charge in [-0.25, -0.2) is 4.79 Å². The lowest BCUT2D eigenvalue weighted by atomic mass is 9.45. The van der Waals surface area contributed by atoms with E-state index in [0.717, 1.165) is 18.4 Å². The molecule has 1 aromatic rings. The van der Waals surface area contributed by atoms with Crippen molar-refractivity contribution in [2.45, 2.75) is 63.0 Å². The summed E-state index contributed by atoms with van der Waals surface area (Å²) < 4.78 is 17.6. The number of allylic oxidation sites excluding steroid dienone is 4.